The number of rotatable bonds is 8. The molecule has 7 nitrogen and oxygen atoms in total. The SMILES string of the molecule is CN=C(NCc1ccc(N2CCCC2=O)cc1)NCC(c1ccc(OC)cc1)N(C)C. The fraction of sp³-hybridized carbons (Fsp3) is 0.417. The van der Waals surface area contributed by atoms with Gasteiger partial charge in [0, 0.05) is 38.8 Å². The van der Waals surface area contributed by atoms with Crippen molar-refractivity contribution in [1.29, 1.82) is 0 Å². The first-order valence-corrected chi connectivity index (χ1v) is 10.7. The van der Waals surface area contributed by atoms with Crippen LogP contribution in [0, 0.1) is 0 Å². The van der Waals surface area contributed by atoms with Crippen molar-refractivity contribution < 1.29 is 9.53 Å². The Morgan fingerprint density at radius 3 is 2.39 bits per heavy atom. The van der Waals surface area contributed by atoms with Crippen molar-refractivity contribution in [3.8, 4) is 5.75 Å². The van der Waals surface area contributed by atoms with Crippen LogP contribution in [0.15, 0.2) is 53.5 Å². The van der Waals surface area contributed by atoms with Crippen molar-refractivity contribution in [2.75, 3.05) is 46.2 Å². The minimum Gasteiger partial charge on any atom is -0.497 e. The van der Waals surface area contributed by atoms with E-state index in [0.29, 0.717) is 13.0 Å². The number of likely N-dealkylation sites (N-methyl/N-ethyl adjacent to an activating group) is 1. The molecule has 0 radical (unpaired) electrons. The van der Waals surface area contributed by atoms with Gasteiger partial charge in [0.1, 0.15) is 5.75 Å². The molecular formula is C24H33N5O2. The molecule has 0 spiro atoms. The molecule has 0 aromatic heterocycles. The third kappa shape index (κ3) is 5.98. The van der Waals surface area contributed by atoms with E-state index < -0.39 is 0 Å². The van der Waals surface area contributed by atoms with Crippen molar-refractivity contribution in [2.24, 2.45) is 4.99 Å². The molecule has 1 aliphatic heterocycles. The molecule has 166 valence electrons. The van der Waals surface area contributed by atoms with E-state index >= 15 is 0 Å². The van der Waals surface area contributed by atoms with E-state index in [1.54, 1.807) is 14.2 Å². The maximum Gasteiger partial charge on any atom is 0.227 e. The summed E-state index contributed by atoms with van der Waals surface area (Å²) >= 11 is 0. The number of carbonyl (C=O) groups excluding carboxylic acids is 1. The Labute approximate surface area is 185 Å². The van der Waals surface area contributed by atoms with Gasteiger partial charge >= 0.3 is 0 Å². The van der Waals surface area contributed by atoms with Crippen LogP contribution in [0.25, 0.3) is 0 Å². The molecule has 0 aliphatic carbocycles. The number of guanidine groups is 1. The van der Waals surface area contributed by atoms with Gasteiger partial charge in [0.15, 0.2) is 5.96 Å². The Bertz CT molecular complexity index is 878. The fourth-order valence-electron chi connectivity index (χ4n) is 3.74. The Balaban J connectivity index is 1.54. The summed E-state index contributed by atoms with van der Waals surface area (Å²) in [6.45, 7) is 2.19. The van der Waals surface area contributed by atoms with E-state index in [9.17, 15) is 4.79 Å². The molecule has 2 N–H and O–H groups in total. The highest BCUT2D eigenvalue weighted by Gasteiger charge is 2.21. The molecule has 7 heteroatoms. The lowest BCUT2D eigenvalue weighted by Crippen LogP contribution is -2.41. The average molecular weight is 424 g/mol. The Kier molecular flexibility index (Phi) is 7.89. The Morgan fingerprint density at radius 1 is 1.13 bits per heavy atom. The van der Waals surface area contributed by atoms with Crippen LogP contribution in [0.1, 0.15) is 30.0 Å². The number of methoxy groups -OCH3 is 1. The van der Waals surface area contributed by atoms with E-state index in [0.717, 1.165) is 42.5 Å². The lowest BCUT2D eigenvalue weighted by atomic mass is 10.1. The summed E-state index contributed by atoms with van der Waals surface area (Å²) in [4.78, 5) is 20.3. The van der Waals surface area contributed by atoms with Crippen molar-refractivity contribution in [1.82, 2.24) is 15.5 Å². The summed E-state index contributed by atoms with van der Waals surface area (Å²) in [5.74, 6) is 1.81. The second-order valence-electron chi connectivity index (χ2n) is 7.87. The standard InChI is InChI=1S/C24H33N5O2/c1-25-24(27-17-22(28(2)3)19-9-13-21(31-4)14-10-19)26-16-18-7-11-20(12-8-18)29-15-5-6-23(29)30/h7-14,22H,5-6,15-17H2,1-4H3,(H2,25,26,27). The maximum absolute atomic E-state index is 11.9. The van der Waals surface area contributed by atoms with Crippen LogP contribution in [0.2, 0.25) is 0 Å². The number of aliphatic imine (C=N–C) groups is 1. The topological polar surface area (TPSA) is 69.2 Å². The minimum absolute atomic E-state index is 0.196. The Hall–Kier alpha value is -3.06. The highest BCUT2D eigenvalue weighted by molar-refractivity contribution is 5.95. The summed E-state index contributed by atoms with van der Waals surface area (Å²) in [7, 11) is 7.59. The van der Waals surface area contributed by atoms with E-state index in [2.05, 4.69) is 58.9 Å². The first kappa shape index (κ1) is 22.6. The molecule has 31 heavy (non-hydrogen) atoms. The van der Waals surface area contributed by atoms with Crippen LogP contribution >= 0.6 is 0 Å². The van der Waals surface area contributed by atoms with Gasteiger partial charge < -0.3 is 25.2 Å². The van der Waals surface area contributed by atoms with E-state index in [4.69, 9.17) is 4.74 Å². The molecule has 0 saturated carbocycles. The number of ether oxygens (including phenoxy) is 1. The smallest absolute Gasteiger partial charge is 0.227 e. The highest BCUT2D eigenvalue weighted by atomic mass is 16.5. The summed E-state index contributed by atoms with van der Waals surface area (Å²) in [6.07, 6.45) is 1.59. The summed E-state index contributed by atoms with van der Waals surface area (Å²) in [5.41, 5.74) is 3.32. The molecule has 2 aromatic rings. The predicted octanol–water partition coefficient (Wildman–Crippen LogP) is 2.79. The molecule has 3 rings (SSSR count). The first-order chi connectivity index (χ1) is 15.0. The summed E-state index contributed by atoms with van der Waals surface area (Å²) < 4.78 is 5.26. The zero-order valence-electron chi connectivity index (χ0n) is 18.9. The quantitative estimate of drug-likeness (QED) is 0.505. The van der Waals surface area contributed by atoms with Crippen LogP contribution in [0.3, 0.4) is 0 Å². The van der Waals surface area contributed by atoms with Gasteiger partial charge in [-0.3, -0.25) is 9.79 Å². The summed E-state index contributed by atoms with van der Waals surface area (Å²) in [5, 5.41) is 6.79. The van der Waals surface area contributed by atoms with Gasteiger partial charge in [-0.2, -0.15) is 0 Å². The van der Waals surface area contributed by atoms with E-state index in [1.165, 1.54) is 5.56 Å². The molecule has 1 aliphatic rings. The molecule has 1 heterocycles. The number of benzene rings is 2. The van der Waals surface area contributed by atoms with Gasteiger partial charge in [-0.05, 0) is 55.9 Å². The van der Waals surface area contributed by atoms with Crippen molar-refractivity contribution in [3.63, 3.8) is 0 Å². The monoisotopic (exact) mass is 423 g/mol. The maximum atomic E-state index is 11.9. The number of nitrogens with one attached hydrogen (secondary N) is 2. The molecule has 1 amide bonds. The van der Waals surface area contributed by atoms with Crippen LogP contribution in [-0.2, 0) is 11.3 Å². The van der Waals surface area contributed by atoms with Gasteiger partial charge in [-0.15, -0.1) is 0 Å². The van der Waals surface area contributed by atoms with E-state index in [1.807, 2.05) is 29.2 Å². The van der Waals surface area contributed by atoms with Gasteiger partial charge in [-0.1, -0.05) is 24.3 Å². The second-order valence-corrected chi connectivity index (χ2v) is 7.87. The molecule has 1 saturated heterocycles. The average Bonchev–Trinajstić information content (AvgIpc) is 3.22. The van der Waals surface area contributed by atoms with Gasteiger partial charge in [0.05, 0.1) is 13.2 Å². The zero-order chi connectivity index (χ0) is 22.2. The first-order valence-electron chi connectivity index (χ1n) is 10.7. The van der Waals surface area contributed by atoms with Crippen LogP contribution in [0.4, 0.5) is 5.69 Å². The highest BCUT2D eigenvalue weighted by Crippen LogP contribution is 2.22. The normalized spacial score (nSPS) is 15.3. The third-order valence-corrected chi connectivity index (χ3v) is 5.59. The number of hydrogen-bond acceptors (Lipinski definition) is 4. The van der Waals surface area contributed by atoms with Gasteiger partial charge in [-0.25, -0.2) is 0 Å². The Morgan fingerprint density at radius 2 is 1.84 bits per heavy atom. The molecule has 0 bridgehead atoms. The minimum atomic E-state index is 0.196. The number of hydrogen-bond donors (Lipinski definition) is 2. The number of carbonyl (C=O) groups is 1. The van der Waals surface area contributed by atoms with Crippen molar-refractivity contribution in [2.45, 2.75) is 25.4 Å². The number of amides is 1. The molecule has 2 aromatic carbocycles. The molecule has 1 fully saturated rings. The van der Waals surface area contributed by atoms with Crippen molar-refractivity contribution in [3.05, 3.63) is 59.7 Å². The number of anilines is 1. The lowest BCUT2D eigenvalue weighted by molar-refractivity contribution is -0.117. The lowest BCUT2D eigenvalue weighted by Gasteiger charge is -2.26. The largest absolute Gasteiger partial charge is 0.497 e. The van der Waals surface area contributed by atoms with Gasteiger partial charge in [0.25, 0.3) is 0 Å². The van der Waals surface area contributed by atoms with Crippen LogP contribution in [-0.4, -0.2) is 58.1 Å². The zero-order valence-corrected chi connectivity index (χ0v) is 18.9. The van der Waals surface area contributed by atoms with E-state index in [-0.39, 0.29) is 11.9 Å². The predicted molar refractivity (Wildman–Crippen MR) is 126 cm³/mol. The third-order valence-electron chi connectivity index (χ3n) is 5.59. The molecule has 1 unspecified atom stereocenters. The van der Waals surface area contributed by atoms with Crippen LogP contribution in [0.5, 0.6) is 5.75 Å². The second kappa shape index (κ2) is 10.8. The van der Waals surface area contributed by atoms with Gasteiger partial charge in [0.2, 0.25) is 5.91 Å². The summed E-state index contributed by atoms with van der Waals surface area (Å²) in [6, 6.07) is 16.5. The molecular weight excluding hydrogens is 390 g/mol. The fourth-order valence-corrected chi connectivity index (χ4v) is 3.74. The van der Waals surface area contributed by atoms with Crippen molar-refractivity contribution >= 4 is 17.6 Å². The van der Waals surface area contributed by atoms with Crippen LogP contribution < -0.4 is 20.3 Å². The number of nitrogens with zero attached hydrogens (tertiary/aromatic N) is 3. The molecule has 1 atom stereocenters.